The first kappa shape index (κ1) is 28.6. The number of aromatic nitrogens is 2. The lowest BCUT2D eigenvalue weighted by atomic mass is 10.1. The summed E-state index contributed by atoms with van der Waals surface area (Å²) in [4.78, 5) is 24.4. The Hall–Kier alpha value is -2.99. The van der Waals surface area contributed by atoms with Crippen LogP contribution >= 0.6 is 0 Å². The molecular weight excluding hydrogens is 494 g/mol. The maximum Gasteiger partial charge on any atom is 0.248 e. The van der Waals surface area contributed by atoms with E-state index in [9.17, 15) is 13.2 Å². The minimum absolute atomic E-state index is 0.0956. The molecule has 3 aromatic rings. The Labute approximate surface area is 219 Å². The number of aromatic amines is 1. The zero-order chi connectivity index (χ0) is 27.3. The van der Waals surface area contributed by atoms with Crippen LogP contribution < -0.4 is 4.74 Å². The van der Waals surface area contributed by atoms with Gasteiger partial charge in [-0.05, 0) is 68.9 Å². The third kappa shape index (κ3) is 7.07. The Kier molecular flexibility index (Phi) is 9.30. The van der Waals surface area contributed by atoms with Crippen molar-refractivity contribution < 1.29 is 22.7 Å². The molecule has 1 amide bonds. The molecule has 202 valence electrons. The fourth-order valence-electron chi connectivity index (χ4n) is 4.12. The summed E-state index contributed by atoms with van der Waals surface area (Å²) < 4.78 is 38.2. The number of nitrogens with one attached hydrogen (secondary N) is 1. The molecule has 0 bridgehead atoms. The fraction of sp³-hybridized carbons (Fsp3) is 0.462. The number of likely N-dealkylation sites (N-methyl/N-ethyl adjacent to an activating group) is 2. The Bertz CT molecular complexity index is 1330. The Balaban J connectivity index is 1.51. The van der Waals surface area contributed by atoms with Gasteiger partial charge >= 0.3 is 0 Å². The van der Waals surface area contributed by atoms with Crippen molar-refractivity contribution in [3.8, 4) is 5.75 Å². The van der Waals surface area contributed by atoms with Crippen LogP contribution in [-0.2, 0) is 32.6 Å². The van der Waals surface area contributed by atoms with Crippen LogP contribution in [0.15, 0.2) is 35.2 Å². The summed E-state index contributed by atoms with van der Waals surface area (Å²) >= 11 is 0. The second-order valence-electron chi connectivity index (χ2n) is 9.49. The van der Waals surface area contributed by atoms with Gasteiger partial charge in [-0.2, -0.15) is 4.31 Å². The average Bonchev–Trinajstić information content (AvgIpc) is 3.21. The van der Waals surface area contributed by atoms with Gasteiger partial charge in [-0.25, -0.2) is 13.4 Å². The standard InChI is InChI=1S/C26H37N5O5S/c1-18-12-21(35-7)13-19(2)26(18)37(33,34)31(6)10-11-36-17-25(32)30(5)15-20-8-9-22-23(14-20)28-24(27-22)16-29(3)4/h8-9,12-14H,10-11,15-17H2,1-7H3,(H,27,28). The van der Waals surface area contributed by atoms with E-state index in [0.29, 0.717) is 23.4 Å². The lowest BCUT2D eigenvalue weighted by Gasteiger charge is -2.21. The van der Waals surface area contributed by atoms with E-state index in [1.165, 1.54) is 11.4 Å². The fourth-order valence-corrected chi connectivity index (χ4v) is 5.68. The molecule has 10 nitrogen and oxygen atoms in total. The van der Waals surface area contributed by atoms with Crippen molar-refractivity contribution in [1.82, 2.24) is 24.1 Å². The monoisotopic (exact) mass is 531 g/mol. The van der Waals surface area contributed by atoms with Gasteiger partial charge < -0.3 is 24.3 Å². The molecule has 0 unspecified atom stereocenters. The quantitative estimate of drug-likeness (QED) is 0.358. The van der Waals surface area contributed by atoms with E-state index >= 15 is 0 Å². The maximum atomic E-state index is 13.1. The molecule has 2 aromatic carbocycles. The number of hydrogen-bond acceptors (Lipinski definition) is 7. The van der Waals surface area contributed by atoms with Crippen LogP contribution in [0.4, 0.5) is 0 Å². The lowest BCUT2D eigenvalue weighted by Crippen LogP contribution is -2.33. The molecule has 0 radical (unpaired) electrons. The number of fused-ring (bicyclic) bond motifs is 1. The molecule has 1 aromatic heterocycles. The van der Waals surface area contributed by atoms with Crippen LogP contribution in [0.1, 0.15) is 22.5 Å². The van der Waals surface area contributed by atoms with Gasteiger partial charge in [0.05, 0.1) is 36.2 Å². The molecule has 0 atom stereocenters. The number of methoxy groups -OCH3 is 1. The molecule has 11 heteroatoms. The first-order chi connectivity index (χ1) is 17.4. The highest BCUT2D eigenvalue weighted by molar-refractivity contribution is 7.89. The number of carbonyl (C=O) groups excluding carboxylic acids is 1. The molecule has 3 rings (SSSR count). The summed E-state index contributed by atoms with van der Waals surface area (Å²) in [6, 6.07) is 9.29. The normalized spacial score (nSPS) is 12.0. The van der Waals surface area contributed by atoms with Crippen LogP contribution in [0.25, 0.3) is 11.0 Å². The van der Waals surface area contributed by atoms with Crippen LogP contribution in [0, 0.1) is 13.8 Å². The first-order valence-electron chi connectivity index (χ1n) is 12.0. The lowest BCUT2D eigenvalue weighted by molar-refractivity contribution is -0.135. The van der Waals surface area contributed by atoms with Crippen molar-refractivity contribution in [2.24, 2.45) is 0 Å². The van der Waals surface area contributed by atoms with Gasteiger partial charge in [0.1, 0.15) is 18.2 Å². The predicted molar refractivity (Wildman–Crippen MR) is 143 cm³/mol. The van der Waals surface area contributed by atoms with E-state index in [1.54, 1.807) is 45.0 Å². The number of hydrogen-bond donors (Lipinski definition) is 1. The number of ether oxygens (including phenoxy) is 2. The molecule has 0 saturated heterocycles. The summed E-state index contributed by atoms with van der Waals surface area (Å²) in [6.07, 6.45) is 0. The average molecular weight is 532 g/mol. The second kappa shape index (κ2) is 12.0. The molecule has 0 aliphatic heterocycles. The number of sulfonamides is 1. The van der Waals surface area contributed by atoms with Crippen molar-refractivity contribution in [3.05, 3.63) is 52.8 Å². The first-order valence-corrected chi connectivity index (χ1v) is 13.4. The minimum Gasteiger partial charge on any atom is -0.497 e. The van der Waals surface area contributed by atoms with E-state index in [-0.39, 0.29) is 30.6 Å². The van der Waals surface area contributed by atoms with E-state index in [1.807, 2.05) is 37.2 Å². The van der Waals surface area contributed by atoms with Crippen molar-refractivity contribution in [2.45, 2.75) is 31.8 Å². The largest absolute Gasteiger partial charge is 0.497 e. The molecule has 0 fully saturated rings. The molecule has 1 N–H and O–H groups in total. The summed E-state index contributed by atoms with van der Waals surface area (Å²) in [6.45, 7) is 4.71. The number of amides is 1. The van der Waals surface area contributed by atoms with Gasteiger partial charge in [0.15, 0.2) is 0 Å². The van der Waals surface area contributed by atoms with Crippen LogP contribution in [0.2, 0.25) is 0 Å². The molecule has 0 aliphatic rings. The van der Waals surface area contributed by atoms with Crippen molar-refractivity contribution in [3.63, 3.8) is 0 Å². The van der Waals surface area contributed by atoms with E-state index in [2.05, 4.69) is 9.97 Å². The van der Waals surface area contributed by atoms with Crippen LogP contribution in [-0.4, -0.2) is 93.5 Å². The van der Waals surface area contributed by atoms with Crippen LogP contribution in [0.5, 0.6) is 5.75 Å². The van der Waals surface area contributed by atoms with Gasteiger partial charge in [0.25, 0.3) is 0 Å². The predicted octanol–water partition coefficient (Wildman–Crippen LogP) is 2.55. The van der Waals surface area contributed by atoms with Gasteiger partial charge in [-0.15, -0.1) is 0 Å². The number of aryl methyl sites for hydroxylation is 2. The van der Waals surface area contributed by atoms with Crippen molar-refractivity contribution in [1.29, 1.82) is 0 Å². The SMILES string of the molecule is COc1cc(C)c(S(=O)(=O)N(C)CCOCC(=O)N(C)Cc2ccc3nc(CN(C)C)[nH]c3c2)c(C)c1. The zero-order valence-corrected chi connectivity index (χ0v) is 23.5. The molecule has 0 spiro atoms. The summed E-state index contributed by atoms with van der Waals surface area (Å²) in [7, 11) is 5.03. The topological polar surface area (TPSA) is 108 Å². The van der Waals surface area contributed by atoms with Crippen LogP contribution in [0.3, 0.4) is 0 Å². The van der Waals surface area contributed by atoms with Gasteiger partial charge in [0.2, 0.25) is 15.9 Å². The highest BCUT2D eigenvalue weighted by Crippen LogP contribution is 2.27. The van der Waals surface area contributed by atoms with Gasteiger partial charge in [-0.1, -0.05) is 6.07 Å². The third-order valence-corrected chi connectivity index (χ3v) is 8.18. The molecular formula is C26H37N5O5S. The zero-order valence-electron chi connectivity index (χ0n) is 22.7. The number of H-pyrrole nitrogens is 1. The molecule has 0 aliphatic carbocycles. The molecule has 37 heavy (non-hydrogen) atoms. The smallest absolute Gasteiger partial charge is 0.248 e. The highest BCUT2D eigenvalue weighted by Gasteiger charge is 2.25. The van der Waals surface area contributed by atoms with E-state index in [4.69, 9.17) is 9.47 Å². The summed E-state index contributed by atoms with van der Waals surface area (Å²) in [5, 5.41) is 0. The van der Waals surface area contributed by atoms with Gasteiger partial charge in [-0.3, -0.25) is 4.79 Å². The van der Waals surface area contributed by atoms with E-state index in [0.717, 1.165) is 29.0 Å². The Morgan fingerprint density at radius 1 is 1.03 bits per heavy atom. The third-order valence-electron chi connectivity index (χ3n) is 6.02. The number of nitrogens with zero attached hydrogens (tertiary/aromatic N) is 4. The summed E-state index contributed by atoms with van der Waals surface area (Å²) in [5.74, 6) is 1.31. The van der Waals surface area contributed by atoms with Crippen molar-refractivity contribution >= 4 is 27.0 Å². The maximum absolute atomic E-state index is 13.1. The van der Waals surface area contributed by atoms with E-state index < -0.39 is 10.0 Å². The number of imidazole rings is 1. The number of benzene rings is 2. The van der Waals surface area contributed by atoms with Gasteiger partial charge in [0, 0.05) is 27.2 Å². The van der Waals surface area contributed by atoms with Crippen molar-refractivity contribution in [2.75, 3.05) is 55.1 Å². The summed E-state index contributed by atoms with van der Waals surface area (Å²) in [5.41, 5.74) is 4.02. The Morgan fingerprint density at radius 2 is 1.70 bits per heavy atom. The number of rotatable bonds is 12. The second-order valence-corrected chi connectivity index (χ2v) is 11.5. The molecule has 1 heterocycles. The number of carbonyl (C=O) groups is 1. The minimum atomic E-state index is -3.71. The molecule has 0 saturated carbocycles. The Morgan fingerprint density at radius 3 is 2.32 bits per heavy atom. The highest BCUT2D eigenvalue weighted by atomic mass is 32.2.